The molecule has 2 aromatic carbocycles. The van der Waals surface area contributed by atoms with E-state index in [0.717, 1.165) is 24.5 Å². The van der Waals surface area contributed by atoms with Gasteiger partial charge in [0.2, 0.25) is 0 Å². The topological polar surface area (TPSA) is 72.2 Å². The van der Waals surface area contributed by atoms with Gasteiger partial charge in [-0.2, -0.15) is 0 Å². The number of ether oxygens (including phenoxy) is 2. The summed E-state index contributed by atoms with van der Waals surface area (Å²) in [5.74, 6) is 2.40. The van der Waals surface area contributed by atoms with Crippen molar-refractivity contribution >= 4 is 22.4 Å². The van der Waals surface area contributed by atoms with Crippen molar-refractivity contribution in [1.29, 1.82) is 0 Å². The van der Waals surface area contributed by atoms with Crippen LogP contribution in [0.3, 0.4) is 0 Å². The molecule has 1 atom stereocenters. The molecule has 1 aliphatic rings. The molecule has 0 radical (unpaired) electrons. The van der Waals surface area contributed by atoms with Crippen molar-refractivity contribution in [3.05, 3.63) is 72.2 Å². The Labute approximate surface area is 190 Å². The van der Waals surface area contributed by atoms with Gasteiger partial charge in [-0.3, -0.25) is 9.00 Å². The second-order valence-electron chi connectivity index (χ2n) is 7.41. The maximum absolute atomic E-state index is 12.9. The van der Waals surface area contributed by atoms with Crippen LogP contribution in [0.4, 0.5) is 5.69 Å². The van der Waals surface area contributed by atoms with Crippen molar-refractivity contribution < 1.29 is 22.9 Å². The summed E-state index contributed by atoms with van der Waals surface area (Å²) in [4.78, 5) is 17.6. The predicted octanol–water partition coefficient (Wildman–Crippen LogP) is 3.57. The number of hydrogen-bond donors (Lipinski definition) is 0. The number of benzene rings is 2. The summed E-state index contributed by atoms with van der Waals surface area (Å²) in [7, 11) is 1.97. The highest BCUT2D eigenvalue weighted by molar-refractivity contribution is 7.84. The molecule has 0 saturated carbocycles. The first-order valence-corrected chi connectivity index (χ1v) is 11.7. The molecule has 0 N–H and O–H groups in total. The first kappa shape index (κ1) is 22.0. The third kappa shape index (κ3) is 4.96. The van der Waals surface area contributed by atoms with Gasteiger partial charge in [-0.25, -0.2) is 0 Å². The summed E-state index contributed by atoms with van der Waals surface area (Å²) >= 11 is 0. The molecular weight excluding hydrogens is 428 g/mol. The number of anilines is 1. The van der Waals surface area contributed by atoms with E-state index in [4.69, 9.17) is 13.9 Å². The lowest BCUT2D eigenvalue weighted by Gasteiger charge is -2.35. The highest BCUT2D eigenvalue weighted by Gasteiger charge is 2.25. The van der Waals surface area contributed by atoms with Gasteiger partial charge in [0.25, 0.3) is 5.91 Å². The van der Waals surface area contributed by atoms with Crippen LogP contribution >= 0.6 is 0 Å². The third-order valence-corrected chi connectivity index (χ3v) is 6.80. The Morgan fingerprint density at radius 2 is 1.66 bits per heavy atom. The summed E-state index contributed by atoms with van der Waals surface area (Å²) in [5.41, 5.74) is 1.08. The van der Waals surface area contributed by atoms with Crippen LogP contribution in [0.25, 0.3) is 0 Å². The highest BCUT2D eigenvalue weighted by atomic mass is 32.2. The Hall–Kier alpha value is -3.26. The van der Waals surface area contributed by atoms with Gasteiger partial charge in [-0.1, -0.05) is 6.07 Å². The zero-order valence-electron chi connectivity index (χ0n) is 18.2. The van der Waals surface area contributed by atoms with Crippen LogP contribution in [0.15, 0.2) is 70.0 Å². The number of rotatable bonds is 7. The average Bonchev–Trinajstić information content (AvgIpc) is 3.32. The summed E-state index contributed by atoms with van der Waals surface area (Å²) < 4.78 is 28.8. The predicted molar refractivity (Wildman–Crippen MR) is 123 cm³/mol. The average molecular weight is 455 g/mol. The molecule has 0 aliphatic carbocycles. The van der Waals surface area contributed by atoms with E-state index in [1.165, 1.54) is 0 Å². The number of piperazine rings is 1. The SMILES string of the molecule is COc1ccc(S(=O)Cc2ccc(C(=O)N3CCN(c4cccc(OC)c4)CC3)o2)cc1. The van der Waals surface area contributed by atoms with Crippen LogP contribution in [-0.2, 0) is 16.6 Å². The Kier molecular flexibility index (Phi) is 6.80. The number of furan rings is 1. The second kappa shape index (κ2) is 9.91. The van der Waals surface area contributed by atoms with Gasteiger partial charge in [-0.15, -0.1) is 0 Å². The van der Waals surface area contributed by atoms with E-state index in [1.54, 1.807) is 55.5 Å². The van der Waals surface area contributed by atoms with Crippen molar-refractivity contribution in [2.24, 2.45) is 0 Å². The van der Waals surface area contributed by atoms with Crippen LogP contribution in [0.5, 0.6) is 11.5 Å². The minimum atomic E-state index is -1.27. The second-order valence-corrected chi connectivity index (χ2v) is 8.86. The molecule has 0 bridgehead atoms. The number of hydrogen-bond acceptors (Lipinski definition) is 6. The van der Waals surface area contributed by atoms with E-state index in [2.05, 4.69) is 4.90 Å². The Morgan fingerprint density at radius 1 is 0.938 bits per heavy atom. The van der Waals surface area contributed by atoms with Crippen molar-refractivity contribution in [2.45, 2.75) is 10.6 Å². The lowest BCUT2D eigenvalue weighted by atomic mass is 10.2. The van der Waals surface area contributed by atoms with Crippen molar-refractivity contribution in [3.63, 3.8) is 0 Å². The van der Waals surface area contributed by atoms with Crippen LogP contribution < -0.4 is 14.4 Å². The van der Waals surface area contributed by atoms with Gasteiger partial charge in [0, 0.05) is 42.8 Å². The molecule has 1 saturated heterocycles. The summed E-state index contributed by atoms with van der Waals surface area (Å²) in [6.45, 7) is 2.66. The van der Waals surface area contributed by atoms with Crippen LogP contribution in [-0.4, -0.2) is 55.4 Å². The fraction of sp³-hybridized carbons (Fsp3) is 0.292. The van der Waals surface area contributed by atoms with Gasteiger partial charge in [0.05, 0.1) is 30.8 Å². The van der Waals surface area contributed by atoms with Gasteiger partial charge >= 0.3 is 0 Å². The molecule has 1 unspecified atom stereocenters. The smallest absolute Gasteiger partial charge is 0.289 e. The molecule has 3 aromatic rings. The summed E-state index contributed by atoms with van der Waals surface area (Å²) in [6, 6.07) is 18.4. The van der Waals surface area contributed by atoms with E-state index >= 15 is 0 Å². The zero-order valence-corrected chi connectivity index (χ0v) is 19.0. The Bertz CT molecular complexity index is 1090. The maximum Gasteiger partial charge on any atom is 0.289 e. The number of nitrogens with zero attached hydrogens (tertiary/aromatic N) is 2. The molecular formula is C24H26N2O5S. The number of carbonyl (C=O) groups is 1. The van der Waals surface area contributed by atoms with Gasteiger partial charge in [-0.05, 0) is 48.5 Å². The lowest BCUT2D eigenvalue weighted by Crippen LogP contribution is -2.48. The molecule has 4 rings (SSSR count). The molecule has 168 valence electrons. The van der Waals surface area contributed by atoms with Gasteiger partial charge in [0.1, 0.15) is 17.3 Å². The summed E-state index contributed by atoms with van der Waals surface area (Å²) in [5, 5.41) is 0. The van der Waals surface area contributed by atoms with Crippen molar-refractivity contribution in [2.75, 3.05) is 45.3 Å². The highest BCUT2D eigenvalue weighted by Crippen LogP contribution is 2.23. The van der Waals surface area contributed by atoms with E-state index < -0.39 is 10.8 Å². The molecule has 1 fully saturated rings. The number of methoxy groups -OCH3 is 2. The van der Waals surface area contributed by atoms with Crippen LogP contribution in [0.1, 0.15) is 16.3 Å². The van der Waals surface area contributed by atoms with E-state index in [9.17, 15) is 9.00 Å². The van der Waals surface area contributed by atoms with Crippen LogP contribution in [0, 0.1) is 0 Å². The van der Waals surface area contributed by atoms with Crippen molar-refractivity contribution in [1.82, 2.24) is 4.90 Å². The molecule has 2 heterocycles. The molecule has 1 amide bonds. The third-order valence-electron chi connectivity index (χ3n) is 5.45. The van der Waals surface area contributed by atoms with Crippen molar-refractivity contribution in [3.8, 4) is 11.5 Å². The van der Waals surface area contributed by atoms with E-state index in [1.807, 2.05) is 24.3 Å². The molecule has 1 aromatic heterocycles. The minimum absolute atomic E-state index is 0.142. The zero-order chi connectivity index (χ0) is 22.5. The molecule has 8 heteroatoms. The number of amides is 1. The lowest BCUT2D eigenvalue weighted by molar-refractivity contribution is 0.0713. The minimum Gasteiger partial charge on any atom is -0.497 e. The Morgan fingerprint density at radius 3 is 2.34 bits per heavy atom. The molecule has 0 spiro atoms. The monoisotopic (exact) mass is 454 g/mol. The Balaban J connectivity index is 1.34. The van der Waals surface area contributed by atoms with Gasteiger partial charge < -0.3 is 23.7 Å². The molecule has 32 heavy (non-hydrogen) atoms. The normalized spacial score (nSPS) is 14.8. The fourth-order valence-electron chi connectivity index (χ4n) is 3.64. The number of carbonyl (C=O) groups excluding carboxylic acids is 1. The first-order valence-electron chi connectivity index (χ1n) is 10.4. The first-order chi connectivity index (χ1) is 15.6. The quantitative estimate of drug-likeness (QED) is 0.544. The standard InChI is InChI=1S/C24H26N2O5S/c1-29-19-6-9-22(10-7-19)32(28)17-21-8-11-23(31-21)24(27)26-14-12-25(13-15-26)18-4-3-5-20(16-18)30-2/h3-11,16H,12-15,17H2,1-2H3. The van der Waals surface area contributed by atoms with E-state index in [-0.39, 0.29) is 17.4 Å². The maximum atomic E-state index is 12.9. The molecule has 7 nitrogen and oxygen atoms in total. The summed E-state index contributed by atoms with van der Waals surface area (Å²) in [6.07, 6.45) is 0. The fourth-order valence-corrected chi connectivity index (χ4v) is 4.66. The van der Waals surface area contributed by atoms with Crippen LogP contribution in [0.2, 0.25) is 0 Å². The molecule has 1 aliphatic heterocycles. The largest absolute Gasteiger partial charge is 0.497 e. The van der Waals surface area contributed by atoms with Gasteiger partial charge in [0.15, 0.2) is 5.76 Å². The van der Waals surface area contributed by atoms with E-state index in [0.29, 0.717) is 29.5 Å².